The molecule has 3 aromatic rings. The Morgan fingerprint density at radius 1 is 1.10 bits per heavy atom. The van der Waals surface area contributed by atoms with Crippen LogP contribution in [0, 0.1) is 6.92 Å². The van der Waals surface area contributed by atoms with Crippen LogP contribution in [0.4, 0.5) is 18.9 Å². The zero-order valence-corrected chi connectivity index (χ0v) is 15.8. The van der Waals surface area contributed by atoms with Gasteiger partial charge in [-0.3, -0.25) is 4.79 Å². The standard InChI is InChI=1S/C20H17F3N2O4/c1-11-7-16(28-3)25-18-14(24-10-26)9-15(27-2)19(17(11)18)29-13-6-4-5-12(8-13)20(21,22)23/h4-10H,1-3H3,(H,24,26). The summed E-state index contributed by atoms with van der Waals surface area (Å²) in [5.74, 6) is 0.671. The maximum Gasteiger partial charge on any atom is 0.416 e. The fourth-order valence-corrected chi connectivity index (χ4v) is 2.90. The van der Waals surface area contributed by atoms with Crippen LogP contribution in [0.15, 0.2) is 36.4 Å². The molecule has 1 amide bonds. The van der Waals surface area contributed by atoms with E-state index in [0.29, 0.717) is 34.4 Å². The molecule has 1 heterocycles. The number of aromatic nitrogens is 1. The van der Waals surface area contributed by atoms with E-state index in [2.05, 4.69) is 10.3 Å². The first-order valence-corrected chi connectivity index (χ1v) is 8.40. The van der Waals surface area contributed by atoms with Crippen LogP contribution in [0.1, 0.15) is 11.1 Å². The molecule has 3 rings (SSSR count). The molecule has 1 aromatic heterocycles. The fourth-order valence-electron chi connectivity index (χ4n) is 2.90. The number of carbonyl (C=O) groups excluding carboxylic acids is 1. The second-order valence-electron chi connectivity index (χ2n) is 6.05. The molecule has 1 N–H and O–H groups in total. The van der Waals surface area contributed by atoms with Gasteiger partial charge in [-0.05, 0) is 30.7 Å². The number of methoxy groups -OCH3 is 2. The molecule has 0 saturated carbocycles. The minimum Gasteiger partial charge on any atom is -0.493 e. The van der Waals surface area contributed by atoms with Crippen molar-refractivity contribution in [2.24, 2.45) is 0 Å². The van der Waals surface area contributed by atoms with Gasteiger partial charge in [0.25, 0.3) is 0 Å². The zero-order chi connectivity index (χ0) is 21.2. The number of amides is 1. The second-order valence-corrected chi connectivity index (χ2v) is 6.05. The highest BCUT2D eigenvalue weighted by Gasteiger charge is 2.31. The fraction of sp³-hybridized carbons (Fsp3) is 0.200. The summed E-state index contributed by atoms with van der Waals surface area (Å²) in [5, 5.41) is 3.01. The van der Waals surface area contributed by atoms with Crippen molar-refractivity contribution < 1.29 is 32.2 Å². The highest BCUT2D eigenvalue weighted by molar-refractivity contribution is 6.02. The maximum absolute atomic E-state index is 13.0. The van der Waals surface area contributed by atoms with E-state index in [1.807, 2.05) is 0 Å². The number of nitrogens with one attached hydrogen (secondary N) is 1. The van der Waals surface area contributed by atoms with Crippen LogP contribution in [0.2, 0.25) is 0 Å². The largest absolute Gasteiger partial charge is 0.493 e. The number of ether oxygens (including phenoxy) is 3. The van der Waals surface area contributed by atoms with Crippen LogP contribution in [-0.2, 0) is 11.0 Å². The normalized spacial score (nSPS) is 11.2. The number of nitrogens with zero attached hydrogens (tertiary/aromatic N) is 1. The van der Waals surface area contributed by atoms with E-state index in [-0.39, 0.29) is 17.2 Å². The third-order valence-corrected chi connectivity index (χ3v) is 4.20. The van der Waals surface area contributed by atoms with Crippen molar-refractivity contribution in [3.8, 4) is 23.1 Å². The van der Waals surface area contributed by atoms with E-state index in [1.54, 1.807) is 13.0 Å². The molecule has 0 fully saturated rings. The molecule has 152 valence electrons. The number of pyridine rings is 1. The number of fused-ring (bicyclic) bond motifs is 1. The number of halogens is 3. The van der Waals surface area contributed by atoms with E-state index < -0.39 is 11.7 Å². The molecule has 0 aliphatic carbocycles. The van der Waals surface area contributed by atoms with Gasteiger partial charge in [0.15, 0.2) is 11.5 Å². The van der Waals surface area contributed by atoms with Crippen LogP contribution >= 0.6 is 0 Å². The van der Waals surface area contributed by atoms with Crippen LogP contribution in [0.25, 0.3) is 10.9 Å². The van der Waals surface area contributed by atoms with Crippen LogP contribution in [-0.4, -0.2) is 25.6 Å². The van der Waals surface area contributed by atoms with Gasteiger partial charge in [0, 0.05) is 12.1 Å². The topological polar surface area (TPSA) is 69.7 Å². The quantitative estimate of drug-likeness (QED) is 0.587. The highest BCUT2D eigenvalue weighted by atomic mass is 19.4. The van der Waals surface area contributed by atoms with Gasteiger partial charge in [-0.15, -0.1) is 0 Å². The van der Waals surface area contributed by atoms with Gasteiger partial charge in [0.2, 0.25) is 12.3 Å². The average molecular weight is 406 g/mol. The number of aryl methyl sites for hydroxylation is 1. The van der Waals surface area contributed by atoms with Gasteiger partial charge in [0.05, 0.1) is 30.9 Å². The summed E-state index contributed by atoms with van der Waals surface area (Å²) in [6.07, 6.45) is -4.02. The SMILES string of the molecule is COc1cc(C)c2c(Oc3cccc(C(F)(F)F)c3)c(OC)cc(NC=O)c2n1. The summed E-state index contributed by atoms with van der Waals surface area (Å²) < 4.78 is 55.5. The lowest BCUT2D eigenvalue weighted by Gasteiger charge is -2.18. The molecule has 2 aromatic carbocycles. The van der Waals surface area contributed by atoms with Crippen molar-refractivity contribution in [2.45, 2.75) is 13.1 Å². The van der Waals surface area contributed by atoms with Gasteiger partial charge in [-0.25, -0.2) is 4.98 Å². The Morgan fingerprint density at radius 3 is 2.48 bits per heavy atom. The maximum atomic E-state index is 13.0. The number of anilines is 1. The van der Waals surface area contributed by atoms with Crippen molar-refractivity contribution in [3.05, 3.63) is 47.5 Å². The minimum absolute atomic E-state index is 0.0225. The molecule has 0 unspecified atom stereocenters. The molecule has 9 heteroatoms. The Bertz CT molecular complexity index is 1070. The summed E-state index contributed by atoms with van der Waals surface area (Å²) >= 11 is 0. The molecule has 0 saturated heterocycles. The number of hydrogen-bond donors (Lipinski definition) is 1. The van der Waals surface area contributed by atoms with Crippen molar-refractivity contribution in [1.29, 1.82) is 0 Å². The smallest absolute Gasteiger partial charge is 0.416 e. The highest BCUT2D eigenvalue weighted by Crippen LogP contribution is 2.44. The van der Waals surface area contributed by atoms with Gasteiger partial charge in [-0.2, -0.15) is 13.2 Å². The number of hydrogen-bond acceptors (Lipinski definition) is 5. The monoisotopic (exact) mass is 406 g/mol. The van der Waals surface area contributed by atoms with Crippen LogP contribution in [0.5, 0.6) is 23.1 Å². The summed E-state index contributed by atoms with van der Waals surface area (Å²) in [4.78, 5) is 15.4. The summed E-state index contributed by atoms with van der Waals surface area (Å²) in [5.41, 5.74) is 0.512. The molecule has 0 radical (unpaired) electrons. The first-order valence-electron chi connectivity index (χ1n) is 8.40. The van der Waals surface area contributed by atoms with Crippen LogP contribution in [0.3, 0.4) is 0 Å². The summed E-state index contributed by atoms with van der Waals surface area (Å²) in [7, 11) is 2.83. The lowest BCUT2D eigenvalue weighted by atomic mass is 10.1. The van der Waals surface area contributed by atoms with E-state index in [9.17, 15) is 18.0 Å². The molecule has 0 aliphatic heterocycles. The van der Waals surface area contributed by atoms with Gasteiger partial charge >= 0.3 is 6.18 Å². The molecule has 29 heavy (non-hydrogen) atoms. The third-order valence-electron chi connectivity index (χ3n) is 4.20. The van der Waals surface area contributed by atoms with Gasteiger partial charge in [-0.1, -0.05) is 6.07 Å². The minimum atomic E-state index is -4.51. The van der Waals surface area contributed by atoms with E-state index in [4.69, 9.17) is 14.2 Å². The second kappa shape index (κ2) is 7.86. The lowest BCUT2D eigenvalue weighted by molar-refractivity contribution is -0.137. The van der Waals surface area contributed by atoms with E-state index in [0.717, 1.165) is 12.1 Å². The Kier molecular flexibility index (Phi) is 5.49. The van der Waals surface area contributed by atoms with Gasteiger partial charge in [0.1, 0.15) is 11.3 Å². The zero-order valence-electron chi connectivity index (χ0n) is 15.8. The molecule has 0 spiro atoms. The molecule has 0 aliphatic rings. The average Bonchev–Trinajstić information content (AvgIpc) is 2.68. The summed E-state index contributed by atoms with van der Waals surface area (Å²) in [6, 6.07) is 7.64. The van der Waals surface area contributed by atoms with E-state index in [1.165, 1.54) is 32.4 Å². The Labute approximate surface area is 164 Å². The number of carbonyl (C=O) groups is 1. The van der Waals surface area contributed by atoms with Crippen molar-refractivity contribution in [3.63, 3.8) is 0 Å². The molecule has 6 nitrogen and oxygen atoms in total. The number of alkyl halides is 3. The summed E-state index contributed by atoms with van der Waals surface area (Å²) in [6.45, 7) is 1.76. The first-order chi connectivity index (χ1) is 13.8. The molecule has 0 bridgehead atoms. The van der Waals surface area contributed by atoms with Crippen molar-refractivity contribution in [1.82, 2.24) is 4.98 Å². The first kappa shape index (κ1) is 20.2. The lowest BCUT2D eigenvalue weighted by Crippen LogP contribution is -2.05. The predicted molar refractivity (Wildman–Crippen MR) is 101 cm³/mol. The Balaban J connectivity index is 2.24. The number of rotatable bonds is 6. The Morgan fingerprint density at radius 2 is 1.86 bits per heavy atom. The molecular formula is C20H17F3N2O4. The van der Waals surface area contributed by atoms with Crippen LogP contribution < -0.4 is 19.5 Å². The number of benzene rings is 2. The molecule has 0 atom stereocenters. The van der Waals surface area contributed by atoms with Crippen molar-refractivity contribution in [2.75, 3.05) is 19.5 Å². The Hall–Kier alpha value is -3.49. The van der Waals surface area contributed by atoms with Gasteiger partial charge < -0.3 is 19.5 Å². The van der Waals surface area contributed by atoms with E-state index >= 15 is 0 Å². The molecular weight excluding hydrogens is 389 g/mol. The van der Waals surface area contributed by atoms with Crippen molar-refractivity contribution >= 4 is 23.0 Å². The third kappa shape index (κ3) is 4.03. The predicted octanol–water partition coefficient (Wildman–Crippen LogP) is 4.94.